The molecule has 0 aliphatic heterocycles. The molecule has 0 bridgehead atoms. The largest absolute Gasteiger partial charge is 1.00 e. The van der Waals surface area contributed by atoms with Gasteiger partial charge in [-0.05, 0) is 31.4 Å². The summed E-state index contributed by atoms with van der Waals surface area (Å²) >= 11 is 12.3. The number of nitrogens with zero attached hydrogens (tertiary/aromatic N) is 1. The van der Waals surface area contributed by atoms with Gasteiger partial charge in [-0.1, -0.05) is 30.1 Å². The molecule has 1 aromatic carbocycles. The van der Waals surface area contributed by atoms with Crippen LogP contribution >= 0.6 is 23.2 Å². The molecule has 1 aliphatic carbocycles. The van der Waals surface area contributed by atoms with Crippen molar-refractivity contribution in [2.24, 2.45) is 0 Å². The number of hydrogen-bond donors (Lipinski definition) is 0. The van der Waals surface area contributed by atoms with Gasteiger partial charge in [0, 0.05) is 18.1 Å². The van der Waals surface area contributed by atoms with Crippen LogP contribution < -0.4 is 39.4 Å². The summed E-state index contributed by atoms with van der Waals surface area (Å²) in [5.41, 5.74) is -1.02. The summed E-state index contributed by atoms with van der Waals surface area (Å²) in [6, 6.07) is 2.96. The van der Waals surface area contributed by atoms with Gasteiger partial charge < -0.3 is 14.6 Å². The van der Waals surface area contributed by atoms with Gasteiger partial charge in [-0.15, -0.1) is 0 Å². The van der Waals surface area contributed by atoms with Crippen LogP contribution in [0.2, 0.25) is 10.0 Å². The van der Waals surface area contributed by atoms with E-state index in [0.717, 1.165) is 6.42 Å². The van der Waals surface area contributed by atoms with Crippen molar-refractivity contribution in [1.29, 1.82) is 0 Å². The van der Waals surface area contributed by atoms with E-state index >= 15 is 0 Å². The van der Waals surface area contributed by atoms with Crippen molar-refractivity contribution in [1.82, 2.24) is 0 Å². The van der Waals surface area contributed by atoms with Crippen molar-refractivity contribution in [3.63, 3.8) is 0 Å². The first-order valence-corrected chi connectivity index (χ1v) is 7.79. The second-order valence-corrected chi connectivity index (χ2v) is 6.02. The molecule has 9 heteroatoms. The summed E-state index contributed by atoms with van der Waals surface area (Å²) in [4.78, 5) is 21.6. The first-order chi connectivity index (χ1) is 10.8. The van der Waals surface area contributed by atoms with Crippen molar-refractivity contribution in [2.45, 2.75) is 38.2 Å². The Balaban J connectivity index is 0.00000288. The maximum absolute atomic E-state index is 11.2. The Morgan fingerprint density at radius 1 is 1.38 bits per heavy atom. The van der Waals surface area contributed by atoms with Crippen LogP contribution in [0, 0.1) is 10.1 Å². The summed E-state index contributed by atoms with van der Waals surface area (Å²) in [5.74, 6) is -1.17. The van der Waals surface area contributed by atoms with E-state index in [0.29, 0.717) is 18.4 Å². The van der Waals surface area contributed by atoms with E-state index in [9.17, 15) is 20.0 Å². The zero-order valence-electron chi connectivity index (χ0n) is 13.3. The fourth-order valence-corrected chi connectivity index (χ4v) is 2.68. The predicted molar refractivity (Wildman–Crippen MR) is 83.9 cm³/mol. The molecule has 0 radical (unpaired) electrons. The van der Waals surface area contributed by atoms with E-state index < -0.39 is 16.5 Å². The van der Waals surface area contributed by atoms with Gasteiger partial charge in [-0.2, -0.15) is 0 Å². The smallest absolute Gasteiger partial charge is 0.546 e. The molecular formula is C15H14Cl2NNaO5. The molecule has 0 heterocycles. The fraction of sp³-hybridized carbons (Fsp3) is 0.400. The molecule has 0 atom stereocenters. The summed E-state index contributed by atoms with van der Waals surface area (Å²) in [5, 5.41) is 22.2. The van der Waals surface area contributed by atoms with Gasteiger partial charge in [0.2, 0.25) is 5.70 Å². The molecule has 0 amide bonds. The minimum Gasteiger partial charge on any atom is -0.546 e. The molecule has 6 nitrogen and oxygen atoms in total. The summed E-state index contributed by atoms with van der Waals surface area (Å²) in [7, 11) is 0. The van der Waals surface area contributed by atoms with E-state index in [4.69, 9.17) is 27.9 Å². The molecule has 1 saturated carbocycles. The maximum atomic E-state index is 11.2. The Morgan fingerprint density at radius 2 is 2.00 bits per heavy atom. The van der Waals surface area contributed by atoms with Crippen LogP contribution in [0.4, 0.5) is 0 Å². The van der Waals surface area contributed by atoms with Crippen molar-refractivity contribution in [3.05, 3.63) is 43.6 Å². The van der Waals surface area contributed by atoms with Crippen LogP contribution in [-0.2, 0) is 4.79 Å². The quantitative estimate of drug-likeness (QED) is 0.395. The third-order valence-electron chi connectivity index (χ3n) is 3.83. The topological polar surface area (TPSA) is 92.5 Å². The predicted octanol–water partition coefficient (Wildman–Crippen LogP) is 0.0764. The molecular weight excluding hydrogens is 368 g/mol. The fourth-order valence-electron chi connectivity index (χ4n) is 2.26. The number of benzene rings is 1. The second-order valence-electron chi connectivity index (χ2n) is 5.26. The first kappa shape index (κ1) is 21.3. The van der Waals surface area contributed by atoms with E-state index in [2.05, 4.69) is 0 Å². The molecule has 124 valence electrons. The van der Waals surface area contributed by atoms with Crippen molar-refractivity contribution >= 4 is 35.2 Å². The van der Waals surface area contributed by atoms with E-state index in [1.54, 1.807) is 6.92 Å². The van der Waals surface area contributed by atoms with E-state index in [-0.39, 0.29) is 57.5 Å². The number of carbonyl (C=O) groups excluding carboxylic acids is 1. The van der Waals surface area contributed by atoms with Gasteiger partial charge in [0.1, 0.15) is 16.4 Å². The number of rotatable bonds is 6. The molecule has 24 heavy (non-hydrogen) atoms. The number of nitro groups is 1. The first-order valence-electron chi connectivity index (χ1n) is 7.04. The Bertz CT molecular complexity index is 689. The number of carboxylic acid groups (broad SMARTS) is 1. The van der Waals surface area contributed by atoms with Gasteiger partial charge >= 0.3 is 29.6 Å². The third kappa shape index (κ3) is 4.24. The average molecular weight is 382 g/mol. The number of allylic oxidation sites excluding steroid dienone is 1. The van der Waals surface area contributed by atoms with Crippen LogP contribution in [0.1, 0.15) is 38.2 Å². The Morgan fingerprint density at radius 3 is 2.42 bits per heavy atom. The molecule has 0 aromatic heterocycles. The van der Waals surface area contributed by atoms with Crippen LogP contribution in [-0.4, -0.2) is 16.5 Å². The molecule has 0 unspecified atom stereocenters. The average Bonchev–Trinajstić information content (AvgIpc) is 2.45. The molecule has 0 saturated heterocycles. The van der Waals surface area contributed by atoms with Crippen molar-refractivity contribution < 1.29 is 49.1 Å². The van der Waals surface area contributed by atoms with Gasteiger partial charge in [0.25, 0.3) is 0 Å². The minimum absolute atomic E-state index is 0. The molecule has 1 fully saturated rings. The molecule has 2 rings (SSSR count). The summed E-state index contributed by atoms with van der Waals surface area (Å²) in [6.45, 7) is 1.65. The monoisotopic (exact) mass is 381 g/mol. The second kappa shape index (κ2) is 8.54. The van der Waals surface area contributed by atoms with E-state index in [1.807, 2.05) is 0 Å². The number of ether oxygens (including phenoxy) is 1. The van der Waals surface area contributed by atoms with Crippen LogP contribution in [0.5, 0.6) is 5.75 Å². The molecule has 1 aromatic rings. The molecule has 1 aliphatic rings. The third-order valence-corrected chi connectivity index (χ3v) is 4.71. The minimum atomic E-state index is -1.38. The van der Waals surface area contributed by atoms with Crippen molar-refractivity contribution in [3.8, 4) is 5.75 Å². The van der Waals surface area contributed by atoms with Gasteiger partial charge in [0.15, 0.2) is 0 Å². The number of carboxylic acids is 1. The molecule has 0 N–H and O–H groups in total. The van der Waals surface area contributed by atoms with E-state index in [1.165, 1.54) is 18.2 Å². The number of halogens is 2. The van der Waals surface area contributed by atoms with Gasteiger partial charge in [0.05, 0.1) is 15.9 Å². The standard InChI is InChI=1S/C15H15Cl2NO5.Na/c1-2-10(18(21)22)8-9-4-5-11(13(17)12(9)16)23-15(14(19)20)6-3-7-15;/h4-5,8H,2-3,6-7H2,1H3,(H,19,20);/q;+1/p-1/b10-8+;. The Kier molecular flexibility index (Phi) is 7.56. The normalized spacial score (nSPS) is 15.9. The maximum Gasteiger partial charge on any atom is 1.00 e. The van der Waals surface area contributed by atoms with Crippen molar-refractivity contribution in [2.75, 3.05) is 0 Å². The SMILES string of the molecule is CC/C(=C\c1ccc(OC2(C(=O)[O-])CCC2)c(Cl)c1Cl)[N+](=O)[O-].[Na+]. The Labute approximate surface area is 171 Å². The summed E-state index contributed by atoms with van der Waals surface area (Å²) < 4.78 is 5.51. The molecule has 0 spiro atoms. The zero-order chi connectivity index (χ0) is 17.2. The summed E-state index contributed by atoms with van der Waals surface area (Å²) in [6.07, 6.45) is 2.96. The van der Waals surface area contributed by atoms with Gasteiger partial charge in [-0.3, -0.25) is 10.1 Å². The number of carbonyl (C=O) groups is 1. The van der Waals surface area contributed by atoms with Crippen LogP contribution in [0.3, 0.4) is 0 Å². The van der Waals surface area contributed by atoms with Crippen LogP contribution in [0.25, 0.3) is 6.08 Å². The van der Waals surface area contributed by atoms with Gasteiger partial charge in [-0.25, -0.2) is 0 Å². The Hall–Kier alpha value is -0.790. The van der Waals surface area contributed by atoms with Crippen LogP contribution in [0.15, 0.2) is 17.8 Å². The number of aliphatic carboxylic acids is 1. The number of hydrogen-bond acceptors (Lipinski definition) is 5. The zero-order valence-corrected chi connectivity index (χ0v) is 16.8.